The Morgan fingerprint density at radius 1 is 1.21 bits per heavy atom. The van der Waals surface area contributed by atoms with Crippen LogP contribution in [0.25, 0.3) is 0 Å². The van der Waals surface area contributed by atoms with E-state index in [-0.39, 0.29) is 17.7 Å². The van der Waals surface area contributed by atoms with Crippen molar-refractivity contribution in [3.63, 3.8) is 0 Å². The van der Waals surface area contributed by atoms with Crippen molar-refractivity contribution in [1.82, 2.24) is 4.90 Å². The van der Waals surface area contributed by atoms with Crippen LogP contribution in [0, 0.1) is 5.41 Å². The quantitative estimate of drug-likeness (QED) is 0.500. The SMILES string of the molecule is CCOC(=N)CCCN1C(=O)c2ccccc2C1=O. The van der Waals surface area contributed by atoms with E-state index in [1.54, 1.807) is 24.3 Å². The minimum Gasteiger partial charge on any atom is -0.481 e. The van der Waals surface area contributed by atoms with Gasteiger partial charge < -0.3 is 4.74 Å². The third kappa shape index (κ3) is 2.65. The van der Waals surface area contributed by atoms with Gasteiger partial charge in [0, 0.05) is 13.0 Å². The zero-order valence-corrected chi connectivity index (χ0v) is 10.8. The molecule has 1 N–H and O–H groups in total. The molecule has 100 valence electrons. The number of imide groups is 1. The van der Waals surface area contributed by atoms with Crippen LogP contribution in [0.4, 0.5) is 0 Å². The van der Waals surface area contributed by atoms with Crippen molar-refractivity contribution in [3.05, 3.63) is 35.4 Å². The molecule has 1 aliphatic heterocycles. The number of amides is 2. The summed E-state index contributed by atoms with van der Waals surface area (Å²) in [6.45, 7) is 2.60. The van der Waals surface area contributed by atoms with Gasteiger partial charge in [-0.25, -0.2) is 0 Å². The summed E-state index contributed by atoms with van der Waals surface area (Å²) in [6, 6.07) is 6.83. The number of ether oxygens (including phenoxy) is 1. The first-order valence-corrected chi connectivity index (χ1v) is 6.30. The summed E-state index contributed by atoms with van der Waals surface area (Å²) < 4.78 is 5.02. The fraction of sp³-hybridized carbons (Fsp3) is 0.357. The van der Waals surface area contributed by atoms with Crippen molar-refractivity contribution in [1.29, 1.82) is 5.41 Å². The van der Waals surface area contributed by atoms with E-state index in [0.29, 0.717) is 37.1 Å². The Labute approximate surface area is 111 Å². The molecule has 0 fully saturated rings. The topological polar surface area (TPSA) is 70.5 Å². The lowest BCUT2D eigenvalue weighted by atomic mass is 10.1. The Kier molecular flexibility index (Phi) is 3.94. The molecular weight excluding hydrogens is 244 g/mol. The molecule has 19 heavy (non-hydrogen) atoms. The van der Waals surface area contributed by atoms with Gasteiger partial charge in [-0.3, -0.25) is 19.9 Å². The highest BCUT2D eigenvalue weighted by Gasteiger charge is 2.34. The molecule has 0 spiro atoms. The Bertz CT molecular complexity index is 490. The van der Waals surface area contributed by atoms with Gasteiger partial charge in [0.1, 0.15) is 0 Å². The first-order valence-electron chi connectivity index (χ1n) is 6.30. The van der Waals surface area contributed by atoms with Gasteiger partial charge in [-0.1, -0.05) is 12.1 Å². The lowest BCUT2D eigenvalue weighted by Gasteiger charge is -2.13. The van der Waals surface area contributed by atoms with Crippen LogP contribution < -0.4 is 0 Å². The van der Waals surface area contributed by atoms with Crippen molar-refractivity contribution < 1.29 is 14.3 Å². The number of carbonyl (C=O) groups is 2. The van der Waals surface area contributed by atoms with Gasteiger partial charge in [0.15, 0.2) is 5.90 Å². The molecule has 0 unspecified atom stereocenters. The second kappa shape index (κ2) is 5.65. The molecule has 1 aliphatic rings. The van der Waals surface area contributed by atoms with Crippen LogP contribution in [0.15, 0.2) is 24.3 Å². The Balaban J connectivity index is 1.95. The first kappa shape index (κ1) is 13.3. The van der Waals surface area contributed by atoms with E-state index in [1.807, 2.05) is 6.92 Å². The van der Waals surface area contributed by atoms with Crippen LogP contribution in [0.1, 0.15) is 40.5 Å². The van der Waals surface area contributed by atoms with Crippen LogP contribution in [-0.4, -0.2) is 35.8 Å². The maximum Gasteiger partial charge on any atom is 0.261 e. The van der Waals surface area contributed by atoms with Crippen LogP contribution >= 0.6 is 0 Å². The molecule has 2 amide bonds. The molecule has 0 aromatic heterocycles. The van der Waals surface area contributed by atoms with Crippen LogP contribution in [-0.2, 0) is 4.74 Å². The summed E-state index contributed by atoms with van der Waals surface area (Å²) >= 11 is 0. The standard InChI is InChI=1S/C14H16N2O3/c1-2-19-12(15)8-5-9-16-13(17)10-6-3-4-7-11(10)14(16)18/h3-4,6-7,15H,2,5,8-9H2,1H3. The highest BCUT2D eigenvalue weighted by molar-refractivity contribution is 6.21. The van der Waals surface area contributed by atoms with Gasteiger partial charge in [0.25, 0.3) is 11.8 Å². The molecule has 5 nitrogen and oxygen atoms in total. The molecule has 0 saturated carbocycles. The maximum atomic E-state index is 12.0. The van der Waals surface area contributed by atoms with Gasteiger partial charge in [-0.15, -0.1) is 0 Å². The molecule has 0 radical (unpaired) electrons. The summed E-state index contributed by atoms with van der Waals surface area (Å²) in [6.07, 6.45) is 0.978. The molecule has 5 heteroatoms. The first-order chi connectivity index (χ1) is 9.15. The average Bonchev–Trinajstić information content (AvgIpc) is 2.65. The second-order valence-corrected chi connectivity index (χ2v) is 4.27. The van der Waals surface area contributed by atoms with Crippen LogP contribution in [0.5, 0.6) is 0 Å². The highest BCUT2D eigenvalue weighted by atomic mass is 16.5. The number of fused-ring (bicyclic) bond motifs is 1. The third-order valence-electron chi connectivity index (χ3n) is 2.98. The summed E-state index contributed by atoms with van der Waals surface area (Å²) in [5.74, 6) is -0.300. The summed E-state index contributed by atoms with van der Waals surface area (Å²) in [5, 5.41) is 7.48. The van der Waals surface area contributed by atoms with E-state index in [4.69, 9.17) is 10.1 Å². The minimum atomic E-state index is -0.247. The Morgan fingerprint density at radius 3 is 2.32 bits per heavy atom. The molecule has 0 bridgehead atoms. The smallest absolute Gasteiger partial charge is 0.261 e. The van der Waals surface area contributed by atoms with E-state index in [2.05, 4.69) is 0 Å². The number of nitrogens with zero attached hydrogens (tertiary/aromatic N) is 1. The summed E-state index contributed by atoms with van der Waals surface area (Å²) in [5.41, 5.74) is 0.930. The molecule has 0 saturated heterocycles. The normalized spacial score (nSPS) is 13.6. The number of rotatable bonds is 5. The number of hydrogen-bond acceptors (Lipinski definition) is 4. The van der Waals surface area contributed by atoms with Crippen molar-refractivity contribution >= 4 is 17.7 Å². The third-order valence-corrected chi connectivity index (χ3v) is 2.98. The molecule has 1 aromatic rings. The summed E-state index contributed by atoms with van der Waals surface area (Å²) in [4.78, 5) is 25.3. The van der Waals surface area contributed by atoms with E-state index in [1.165, 1.54) is 4.90 Å². The van der Waals surface area contributed by atoms with Crippen molar-refractivity contribution in [2.24, 2.45) is 0 Å². The van der Waals surface area contributed by atoms with E-state index >= 15 is 0 Å². The zero-order chi connectivity index (χ0) is 13.8. The monoisotopic (exact) mass is 260 g/mol. The molecule has 2 rings (SSSR count). The predicted molar refractivity (Wildman–Crippen MR) is 70.4 cm³/mol. The van der Waals surface area contributed by atoms with Gasteiger partial charge in [0.05, 0.1) is 17.7 Å². The average molecular weight is 260 g/mol. The van der Waals surface area contributed by atoms with Crippen LogP contribution in [0.3, 0.4) is 0 Å². The minimum absolute atomic E-state index is 0.194. The van der Waals surface area contributed by atoms with Crippen molar-refractivity contribution in [2.45, 2.75) is 19.8 Å². The van der Waals surface area contributed by atoms with Crippen molar-refractivity contribution in [3.8, 4) is 0 Å². The van der Waals surface area contributed by atoms with Crippen molar-refractivity contribution in [2.75, 3.05) is 13.2 Å². The maximum absolute atomic E-state index is 12.0. The number of nitrogens with one attached hydrogen (secondary N) is 1. The Morgan fingerprint density at radius 2 is 1.79 bits per heavy atom. The number of hydrogen-bond donors (Lipinski definition) is 1. The van der Waals surface area contributed by atoms with Gasteiger partial charge >= 0.3 is 0 Å². The molecular formula is C14H16N2O3. The Hall–Kier alpha value is -2.17. The molecule has 0 atom stereocenters. The summed E-state index contributed by atoms with van der Waals surface area (Å²) in [7, 11) is 0. The fourth-order valence-corrected chi connectivity index (χ4v) is 2.09. The molecule has 0 aliphatic carbocycles. The fourth-order valence-electron chi connectivity index (χ4n) is 2.09. The van der Waals surface area contributed by atoms with E-state index in [0.717, 1.165) is 0 Å². The van der Waals surface area contributed by atoms with Gasteiger partial charge in [0.2, 0.25) is 0 Å². The molecule has 1 heterocycles. The van der Waals surface area contributed by atoms with Crippen LogP contribution in [0.2, 0.25) is 0 Å². The zero-order valence-electron chi connectivity index (χ0n) is 10.8. The second-order valence-electron chi connectivity index (χ2n) is 4.27. The lowest BCUT2D eigenvalue weighted by Crippen LogP contribution is -2.31. The molecule has 1 aromatic carbocycles. The van der Waals surface area contributed by atoms with E-state index < -0.39 is 0 Å². The van der Waals surface area contributed by atoms with Gasteiger partial charge in [-0.05, 0) is 25.5 Å². The largest absolute Gasteiger partial charge is 0.481 e. The highest BCUT2D eigenvalue weighted by Crippen LogP contribution is 2.22. The van der Waals surface area contributed by atoms with Gasteiger partial charge in [-0.2, -0.15) is 0 Å². The lowest BCUT2D eigenvalue weighted by molar-refractivity contribution is 0.0652. The van der Waals surface area contributed by atoms with E-state index in [9.17, 15) is 9.59 Å². The number of carbonyl (C=O) groups excluding carboxylic acids is 2. The predicted octanol–water partition coefficient (Wildman–Crippen LogP) is 2.08. The number of benzene rings is 1.